The Labute approximate surface area is 130 Å². The lowest BCUT2D eigenvalue weighted by atomic mass is 10.0. The van der Waals surface area contributed by atoms with E-state index in [4.69, 9.17) is 0 Å². The molecule has 2 amide bonds. The molecule has 3 rings (SSSR count). The average molecular weight is 380 g/mol. The smallest absolute Gasteiger partial charge is 0.259 e. The molecule has 1 aromatic rings. The molecule has 0 radical (unpaired) electrons. The Bertz CT molecular complexity index is 666. The standard InChI is InChI=1S/C15H13IN2O2/c1-8-13(5-6-14(19)17-8)18-9(2)12-7-10(16)3-4-11(12)15(18)20/h3-4,7,13H,1-2,5-6H2,(H,17,19). The predicted molar refractivity (Wildman–Crippen MR) is 84.7 cm³/mol. The zero-order chi connectivity index (χ0) is 14.4. The van der Waals surface area contributed by atoms with Crippen molar-refractivity contribution in [1.29, 1.82) is 0 Å². The van der Waals surface area contributed by atoms with E-state index in [-0.39, 0.29) is 17.9 Å². The summed E-state index contributed by atoms with van der Waals surface area (Å²) < 4.78 is 1.06. The lowest BCUT2D eigenvalue weighted by molar-refractivity contribution is -0.121. The molecule has 102 valence electrons. The predicted octanol–water partition coefficient (Wildman–Crippen LogP) is 2.51. The van der Waals surface area contributed by atoms with Crippen LogP contribution in [-0.2, 0) is 4.79 Å². The molecule has 1 unspecified atom stereocenters. The van der Waals surface area contributed by atoms with E-state index < -0.39 is 0 Å². The maximum absolute atomic E-state index is 12.6. The second-order valence-electron chi connectivity index (χ2n) is 4.94. The molecule has 1 atom stereocenters. The maximum atomic E-state index is 12.6. The van der Waals surface area contributed by atoms with Gasteiger partial charge in [0.15, 0.2) is 0 Å². The molecule has 2 heterocycles. The lowest BCUT2D eigenvalue weighted by Crippen LogP contribution is -2.45. The fourth-order valence-corrected chi connectivity index (χ4v) is 3.20. The van der Waals surface area contributed by atoms with Crippen LogP contribution in [0.2, 0.25) is 0 Å². The van der Waals surface area contributed by atoms with Crippen molar-refractivity contribution in [1.82, 2.24) is 10.2 Å². The van der Waals surface area contributed by atoms with Crippen molar-refractivity contribution in [3.05, 3.63) is 51.8 Å². The van der Waals surface area contributed by atoms with Gasteiger partial charge in [-0.1, -0.05) is 13.2 Å². The van der Waals surface area contributed by atoms with E-state index >= 15 is 0 Å². The number of nitrogens with one attached hydrogen (secondary N) is 1. The summed E-state index contributed by atoms with van der Waals surface area (Å²) in [6.45, 7) is 7.92. The molecule has 0 aromatic heterocycles. The SMILES string of the molecule is C=C1NC(=O)CCC1N1C(=C)c2cc(I)ccc2C1=O. The number of amides is 2. The second-order valence-corrected chi connectivity index (χ2v) is 6.19. The third-order valence-corrected chi connectivity index (χ3v) is 4.36. The molecule has 0 aliphatic carbocycles. The van der Waals surface area contributed by atoms with Crippen LogP contribution >= 0.6 is 22.6 Å². The number of hydrogen-bond donors (Lipinski definition) is 1. The normalized spacial score (nSPS) is 22.1. The Morgan fingerprint density at radius 1 is 1.25 bits per heavy atom. The Morgan fingerprint density at radius 2 is 2.00 bits per heavy atom. The first-order valence-electron chi connectivity index (χ1n) is 6.30. The van der Waals surface area contributed by atoms with Gasteiger partial charge in [-0.2, -0.15) is 0 Å². The summed E-state index contributed by atoms with van der Waals surface area (Å²) in [5, 5.41) is 2.72. The molecule has 1 saturated heterocycles. The number of halogens is 1. The molecule has 0 spiro atoms. The van der Waals surface area contributed by atoms with Gasteiger partial charge >= 0.3 is 0 Å². The van der Waals surface area contributed by atoms with Crippen molar-refractivity contribution < 1.29 is 9.59 Å². The van der Waals surface area contributed by atoms with Gasteiger partial charge in [-0.3, -0.25) is 14.5 Å². The molecular formula is C15H13IN2O2. The minimum absolute atomic E-state index is 0.0458. The summed E-state index contributed by atoms with van der Waals surface area (Å²) in [4.78, 5) is 25.6. The number of fused-ring (bicyclic) bond motifs is 1. The average Bonchev–Trinajstić information content (AvgIpc) is 2.63. The van der Waals surface area contributed by atoms with Crippen molar-refractivity contribution in [3.63, 3.8) is 0 Å². The zero-order valence-electron chi connectivity index (χ0n) is 10.8. The first-order chi connectivity index (χ1) is 9.49. The van der Waals surface area contributed by atoms with Crippen LogP contribution in [0, 0.1) is 3.57 Å². The van der Waals surface area contributed by atoms with Crippen LogP contribution in [-0.4, -0.2) is 22.8 Å². The number of piperidine rings is 1. The lowest BCUT2D eigenvalue weighted by Gasteiger charge is -2.33. The molecule has 2 aliphatic rings. The van der Waals surface area contributed by atoms with E-state index in [1.54, 1.807) is 4.90 Å². The highest BCUT2D eigenvalue weighted by Gasteiger charge is 2.38. The number of nitrogens with zero attached hydrogens (tertiary/aromatic N) is 1. The molecule has 0 saturated carbocycles. The minimum Gasteiger partial charge on any atom is -0.328 e. The fraction of sp³-hybridized carbons (Fsp3) is 0.200. The van der Waals surface area contributed by atoms with Crippen LogP contribution in [0.1, 0.15) is 28.8 Å². The molecule has 0 bridgehead atoms. The summed E-state index contributed by atoms with van der Waals surface area (Å²) in [6.07, 6.45) is 0.981. The fourth-order valence-electron chi connectivity index (χ4n) is 2.71. The van der Waals surface area contributed by atoms with Gasteiger partial charge in [0.05, 0.1) is 6.04 Å². The van der Waals surface area contributed by atoms with Crippen LogP contribution in [0.4, 0.5) is 0 Å². The van der Waals surface area contributed by atoms with Gasteiger partial charge in [-0.05, 0) is 47.2 Å². The number of benzene rings is 1. The van der Waals surface area contributed by atoms with Gasteiger partial charge in [0.2, 0.25) is 5.91 Å². The first-order valence-corrected chi connectivity index (χ1v) is 7.38. The number of carbonyl (C=O) groups excluding carboxylic acids is 2. The molecule has 5 heteroatoms. The molecule has 1 aromatic carbocycles. The number of rotatable bonds is 1. The van der Waals surface area contributed by atoms with Crippen LogP contribution in [0.25, 0.3) is 5.70 Å². The van der Waals surface area contributed by atoms with E-state index in [9.17, 15) is 9.59 Å². The van der Waals surface area contributed by atoms with Gasteiger partial charge in [-0.25, -0.2) is 0 Å². The van der Waals surface area contributed by atoms with Gasteiger partial charge in [0.1, 0.15) is 0 Å². The summed E-state index contributed by atoms with van der Waals surface area (Å²) in [7, 11) is 0. The van der Waals surface area contributed by atoms with Crippen LogP contribution < -0.4 is 5.32 Å². The van der Waals surface area contributed by atoms with E-state index in [1.165, 1.54) is 0 Å². The Balaban J connectivity index is 1.97. The summed E-state index contributed by atoms with van der Waals surface area (Å²) in [5.74, 6) is -0.112. The molecule has 1 N–H and O–H groups in total. The third kappa shape index (κ3) is 1.96. The van der Waals surface area contributed by atoms with Crippen LogP contribution in [0.5, 0.6) is 0 Å². The highest BCUT2D eigenvalue weighted by Crippen LogP contribution is 2.37. The summed E-state index contributed by atoms with van der Waals surface area (Å²) in [6, 6.07) is 5.48. The van der Waals surface area contributed by atoms with Gasteiger partial charge in [0.25, 0.3) is 5.91 Å². The third-order valence-electron chi connectivity index (χ3n) is 3.69. The highest BCUT2D eigenvalue weighted by molar-refractivity contribution is 14.1. The summed E-state index contributed by atoms with van der Waals surface area (Å²) in [5.41, 5.74) is 2.79. The van der Waals surface area contributed by atoms with Gasteiger partial charge in [0, 0.05) is 32.5 Å². The molecule has 20 heavy (non-hydrogen) atoms. The van der Waals surface area contributed by atoms with E-state index in [1.807, 2.05) is 18.2 Å². The van der Waals surface area contributed by atoms with Crippen molar-refractivity contribution in [2.24, 2.45) is 0 Å². The highest BCUT2D eigenvalue weighted by atomic mass is 127. The van der Waals surface area contributed by atoms with E-state index in [2.05, 4.69) is 41.1 Å². The van der Waals surface area contributed by atoms with Crippen molar-refractivity contribution >= 4 is 40.1 Å². The zero-order valence-corrected chi connectivity index (χ0v) is 12.9. The minimum atomic E-state index is -0.210. The van der Waals surface area contributed by atoms with Gasteiger partial charge in [-0.15, -0.1) is 0 Å². The summed E-state index contributed by atoms with van der Waals surface area (Å²) >= 11 is 2.21. The topological polar surface area (TPSA) is 49.4 Å². The number of carbonyl (C=O) groups is 2. The molecule has 4 nitrogen and oxygen atoms in total. The van der Waals surface area contributed by atoms with Crippen LogP contribution in [0.3, 0.4) is 0 Å². The van der Waals surface area contributed by atoms with Crippen molar-refractivity contribution in [3.8, 4) is 0 Å². The second kappa shape index (κ2) is 4.73. The van der Waals surface area contributed by atoms with Gasteiger partial charge < -0.3 is 5.32 Å². The Kier molecular flexibility index (Phi) is 3.16. The molecule has 2 aliphatic heterocycles. The monoisotopic (exact) mass is 380 g/mol. The maximum Gasteiger partial charge on any atom is 0.259 e. The van der Waals surface area contributed by atoms with Crippen LogP contribution in [0.15, 0.2) is 37.1 Å². The van der Waals surface area contributed by atoms with Crippen molar-refractivity contribution in [2.75, 3.05) is 0 Å². The Hall–Kier alpha value is -1.63. The quantitative estimate of drug-likeness (QED) is 0.762. The largest absolute Gasteiger partial charge is 0.328 e. The van der Waals surface area contributed by atoms with Crippen molar-refractivity contribution in [2.45, 2.75) is 18.9 Å². The first kappa shape index (κ1) is 13.4. The Morgan fingerprint density at radius 3 is 2.70 bits per heavy atom. The van der Waals surface area contributed by atoms with E-state index in [0.717, 1.165) is 9.13 Å². The molecule has 1 fully saturated rings. The van der Waals surface area contributed by atoms with E-state index in [0.29, 0.717) is 29.8 Å². The number of hydrogen-bond acceptors (Lipinski definition) is 2. The molecular weight excluding hydrogens is 367 g/mol.